The van der Waals surface area contributed by atoms with Crippen LogP contribution in [0.3, 0.4) is 0 Å². The summed E-state index contributed by atoms with van der Waals surface area (Å²) in [7, 11) is 0. The maximum absolute atomic E-state index is 13.5. The van der Waals surface area contributed by atoms with Crippen molar-refractivity contribution < 1.29 is 19.4 Å². The van der Waals surface area contributed by atoms with Crippen molar-refractivity contribution in [2.45, 2.75) is 13.8 Å². The summed E-state index contributed by atoms with van der Waals surface area (Å²) in [6.45, 7) is 4.31. The van der Waals surface area contributed by atoms with Crippen molar-refractivity contribution in [3.05, 3.63) is 106 Å². The quantitative estimate of drug-likeness (QED) is 0.444. The number of amides is 1. The lowest BCUT2D eigenvalue weighted by molar-refractivity contribution is -0.113. The Morgan fingerprint density at radius 3 is 2.36 bits per heavy atom. The van der Waals surface area contributed by atoms with E-state index >= 15 is 0 Å². The SMILES string of the molecule is CCOc1ccc(/C=C2\C=C(c3ccc(Cl)cc3)N(c3ccc(C(=O)O)cc3C)C2=O)cc1. The highest BCUT2D eigenvalue weighted by molar-refractivity contribution is 6.30. The first kappa shape index (κ1) is 22.4. The van der Waals surface area contributed by atoms with Gasteiger partial charge in [0.1, 0.15) is 5.75 Å². The Morgan fingerprint density at radius 1 is 1.06 bits per heavy atom. The lowest BCUT2D eigenvalue weighted by atomic mass is 10.1. The highest BCUT2D eigenvalue weighted by Crippen LogP contribution is 2.37. The first-order chi connectivity index (χ1) is 15.9. The molecule has 0 fully saturated rings. The Balaban J connectivity index is 1.78. The standard InChI is InChI=1S/C27H22ClNO4/c1-3-33-23-11-4-18(5-12-23)15-21-16-25(19-6-9-22(28)10-7-19)29(26(21)30)24-13-8-20(27(31)32)14-17(24)2/h4-16H,3H2,1-2H3,(H,31,32)/b21-15+. The van der Waals surface area contributed by atoms with E-state index in [1.165, 1.54) is 6.07 Å². The van der Waals surface area contributed by atoms with Crippen LogP contribution in [0.15, 0.2) is 78.4 Å². The van der Waals surface area contributed by atoms with Gasteiger partial charge >= 0.3 is 5.97 Å². The van der Waals surface area contributed by atoms with Gasteiger partial charge in [-0.15, -0.1) is 0 Å². The molecule has 0 saturated heterocycles. The molecule has 1 N–H and O–H groups in total. The molecule has 1 aliphatic heterocycles. The van der Waals surface area contributed by atoms with Gasteiger partial charge in [-0.05, 0) is 85.2 Å². The fourth-order valence-electron chi connectivity index (χ4n) is 3.73. The maximum Gasteiger partial charge on any atom is 0.335 e. The average molecular weight is 460 g/mol. The van der Waals surface area contributed by atoms with Crippen LogP contribution in [0.4, 0.5) is 5.69 Å². The van der Waals surface area contributed by atoms with Crippen molar-refractivity contribution in [3.8, 4) is 5.75 Å². The van der Waals surface area contributed by atoms with Crippen molar-refractivity contribution in [3.63, 3.8) is 0 Å². The number of hydrogen-bond acceptors (Lipinski definition) is 3. The van der Waals surface area contributed by atoms with E-state index in [2.05, 4.69) is 0 Å². The van der Waals surface area contributed by atoms with Crippen molar-refractivity contribution >= 4 is 40.9 Å². The number of rotatable bonds is 6. The molecule has 1 aliphatic rings. The van der Waals surface area contributed by atoms with Crippen LogP contribution >= 0.6 is 11.6 Å². The van der Waals surface area contributed by atoms with Crippen molar-refractivity contribution in [2.75, 3.05) is 11.5 Å². The van der Waals surface area contributed by atoms with Gasteiger partial charge in [-0.3, -0.25) is 9.69 Å². The lowest BCUT2D eigenvalue weighted by Gasteiger charge is -2.23. The molecule has 0 atom stereocenters. The molecule has 33 heavy (non-hydrogen) atoms. The van der Waals surface area contributed by atoms with Crippen LogP contribution in [-0.4, -0.2) is 23.6 Å². The van der Waals surface area contributed by atoms with Gasteiger partial charge in [0.2, 0.25) is 0 Å². The van der Waals surface area contributed by atoms with Crippen molar-refractivity contribution in [1.82, 2.24) is 0 Å². The monoisotopic (exact) mass is 459 g/mol. The average Bonchev–Trinajstić information content (AvgIpc) is 3.11. The van der Waals surface area contributed by atoms with Crippen molar-refractivity contribution in [2.24, 2.45) is 0 Å². The number of hydrogen-bond donors (Lipinski definition) is 1. The zero-order valence-electron chi connectivity index (χ0n) is 18.2. The first-order valence-corrected chi connectivity index (χ1v) is 10.9. The number of nitrogens with zero attached hydrogens (tertiary/aromatic N) is 1. The van der Waals surface area contributed by atoms with Gasteiger partial charge < -0.3 is 9.84 Å². The molecule has 5 nitrogen and oxygen atoms in total. The van der Waals surface area contributed by atoms with Gasteiger partial charge in [0.05, 0.1) is 23.6 Å². The second kappa shape index (κ2) is 9.35. The minimum Gasteiger partial charge on any atom is -0.494 e. The predicted octanol–water partition coefficient (Wildman–Crippen LogP) is 6.22. The largest absolute Gasteiger partial charge is 0.494 e. The Labute approximate surface area is 197 Å². The number of aryl methyl sites for hydroxylation is 1. The van der Waals surface area contributed by atoms with E-state index < -0.39 is 5.97 Å². The molecule has 166 valence electrons. The third-order valence-corrected chi connectivity index (χ3v) is 5.57. The summed E-state index contributed by atoms with van der Waals surface area (Å²) in [4.78, 5) is 26.5. The number of carbonyl (C=O) groups excluding carboxylic acids is 1. The minimum absolute atomic E-state index is 0.171. The van der Waals surface area contributed by atoms with Crippen LogP contribution in [0.25, 0.3) is 11.8 Å². The zero-order valence-corrected chi connectivity index (χ0v) is 19.0. The van der Waals surface area contributed by atoms with Crippen LogP contribution < -0.4 is 9.64 Å². The molecule has 0 spiro atoms. The van der Waals surface area contributed by atoms with Crippen LogP contribution in [0, 0.1) is 6.92 Å². The molecule has 4 rings (SSSR count). The normalized spacial score (nSPS) is 14.5. The van der Waals surface area contributed by atoms with Crippen LogP contribution in [0.5, 0.6) is 5.75 Å². The van der Waals surface area contributed by atoms with Gasteiger partial charge in [-0.25, -0.2) is 4.79 Å². The summed E-state index contributed by atoms with van der Waals surface area (Å²) in [6.07, 6.45) is 3.67. The van der Waals surface area contributed by atoms with E-state index in [0.29, 0.717) is 34.2 Å². The maximum atomic E-state index is 13.5. The number of ether oxygens (including phenoxy) is 1. The Kier molecular flexibility index (Phi) is 6.33. The Morgan fingerprint density at radius 2 is 1.76 bits per heavy atom. The summed E-state index contributed by atoms with van der Waals surface area (Å²) in [5.41, 5.74) is 4.39. The molecule has 1 amide bonds. The summed E-state index contributed by atoms with van der Waals surface area (Å²) in [6, 6.07) is 19.5. The first-order valence-electron chi connectivity index (χ1n) is 10.5. The molecule has 0 aliphatic carbocycles. The van der Waals surface area contributed by atoms with E-state index in [1.807, 2.05) is 55.5 Å². The molecular formula is C27H22ClNO4. The van der Waals surface area contributed by atoms with E-state index in [4.69, 9.17) is 16.3 Å². The third kappa shape index (κ3) is 4.69. The van der Waals surface area contributed by atoms with E-state index in [9.17, 15) is 14.7 Å². The van der Waals surface area contributed by atoms with E-state index in [-0.39, 0.29) is 11.5 Å². The van der Waals surface area contributed by atoms with Gasteiger partial charge in [-0.1, -0.05) is 35.9 Å². The molecule has 0 aromatic heterocycles. The number of benzene rings is 3. The number of aromatic carboxylic acids is 1. The third-order valence-electron chi connectivity index (χ3n) is 5.32. The Bertz CT molecular complexity index is 1270. The van der Waals surface area contributed by atoms with E-state index in [0.717, 1.165) is 16.9 Å². The molecule has 0 radical (unpaired) electrons. The van der Waals surface area contributed by atoms with Gasteiger partial charge in [0.15, 0.2) is 0 Å². The predicted molar refractivity (Wildman–Crippen MR) is 131 cm³/mol. The van der Waals surface area contributed by atoms with Gasteiger partial charge in [0, 0.05) is 10.6 Å². The highest BCUT2D eigenvalue weighted by Gasteiger charge is 2.31. The molecule has 6 heteroatoms. The topological polar surface area (TPSA) is 66.8 Å². The molecule has 3 aromatic rings. The number of carboxylic acids is 1. The van der Waals surface area contributed by atoms with Crippen LogP contribution in [-0.2, 0) is 4.79 Å². The minimum atomic E-state index is -1.01. The molecule has 3 aromatic carbocycles. The van der Waals surface area contributed by atoms with Gasteiger partial charge in [-0.2, -0.15) is 0 Å². The second-order valence-corrected chi connectivity index (χ2v) is 8.02. The van der Waals surface area contributed by atoms with E-state index in [1.54, 1.807) is 36.1 Å². The summed E-state index contributed by atoms with van der Waals surface area (Å²) < 4.78 is 5.49. The smallest absolute Gasteiger partial charge is 0.335 e. The number of anilines is 1. The fraction of sp³-hybridized carbons (Fsp3) is 0.111. The molecule has 1 heterocycles. The molecule has 0 bridgehead atoms. The molecule has 0 saturated carbocycles. The number of halogens is 1. The summed E-state index contributed by atoms with van der Waals surface area (Å²) in [5.74, 6) is -0.437. The summed E-state index contributed by atoms with van der Waals surface area (Å²) in [5, 5.41) is 9.91. The second-order valence-electron chi connectivity index (χ2n) is 7.59. The molecule has 0 unspecified atom stereocenters. The Hall–Kier alpha value is -3.83. The number of carbonyl (C=O) groups is 2. The van der Waals surface area contributed by atoms with Crippen LogP contribution in [0.1, 0.15) is 34.0 Å². The van der Waals surface area contributed by atoms with Gasteiger partial charge in [0.25, 0.3) is 5.91 Å². The number of carboxylic acid groups (broad SMARTS) is 1. The fourth-order valence-corrected chi connectivity index (χ4v) is 3.86. The lowest BCUT2D eigenvalue weighted by Crippen LogP contribution is -2.25. The molecular weight excluding hydrogens is 438 g/mol. The zero-order chi connectivity index (χ0) is 23.5. The van der Waals surface area contributed by atoms with Crippen LogP contribution in [0.2, 0.25) is 5.02 Å². The highest BCUT2D eigenvalue weighted by atomic mass is 35.5. The van der Waals surface area contributed by atoms with Crippen molar-refractivity contribution in [1.29, 1.82) is 0 Å². The summed E-state index contributed by atoms with van der Waals surface area (Å²) >= 11 is 6.07.